The highest BCUT2D eigenvalue weighted by molar-refractivity contribution is 6.44. The third kappa shape index (κ3) is 5.13. The number of hydrogen-bond acceptors (Lipinski definition) is 5. The van der Waals surface area contributed by atoms with Crippen LogP contribution in [-0.4, -0.2) is 47.3 Å². The minimum Gasteiger partial charge on any atom is -0.339 e. The molecule has 2 aromatic rings. The first-order valence-electron chi connectivity index (χ1n) is 11.5. The average molecular weight is 447 g/mol. The van der Waals surface area contributed by atoms with Gasteiger partial charge in [0.2, 0.25) is 0 Å². The summed E-state index contributed by atoms with van der Waals surface area (Å²) in [4.78, 5) is 39.7. The molecule has 4 rings (SSSR count). The number of para-hydroxylation sites is 1. The highest BCUT2D eigenvalue weighted by Gasteiger charge is 2.34. The summed E-state index contributed by atoms with van der Waals surface area (Å²) in [6, 6.07) is 16.1. The molecule has 1 unspecified atom stereocenters. The van der Waals surface area contributed by atoms with Crippen LogP contribution in [-0.2, 0) is 9.59 Å². The first-order valence-corrected chi connectivity index (χ1v) is 11.5. The number of anilines is 2. The molecule has 1 atom stereocenters. The van der Waals surface area contributed by atoms with Gasteiger partial charge in [-0.3, -0.25) is 19.4 Å². The molecular weight excluding hydrogens is 416 g/mol. The number of benzene rings is 2. The number of carbonyl (C=O) groups is 3. The highest BCUT2D eigenvalue weighted by Crippen LogP contribution is 2.26. The Hall–Kier alpha value is -3.48. The van der Waals surface area contributed by atoms with Crippen molar-refractivity contribution in [2.45, 2.75) is 57.5 Å². The fourth-order valence-corrected chi connectivity index (χ4v) is 4.52. The Bertz CT molecular complexity index is 1040. The second kappa shape index (κ2) is 9.98. The van der Waals surface area contributed by atoms with Gasteiger partial charge in [-0.15, -0.1) is 0 Å². The zero-order valence-corrected chi connectivity index (χ0v) is 19.2. The van der Waals surface area contributed by atoms with Crippen molar-refractivity contribution >= 4 is 34.7 Å². The van der Waals surface area contributed by atoms with Gasteiger partial charge in [0.25, 0.3) is 11.8 Å². The molecule has 1 fully saturated rings. The molecule has 1 heterocycles. The van der Waals surface area contributed by atoms with Crippen LogP contribution in [0, 0.1) is 0 Å². The molecule has 0 radical (unpaired) electrons. The second-order valence-corrected chi connectivity index (χ2v) is 8.80. The number of amides is 2. The summed E-state index contributed by atoms with van der Waals surface area (Å²) in [6.45, 7) is 1.51. The van der Waals surface area contributed by atoms with Crippen LogP contribution < -0.4 is 10.3 Å². The van der Waals surface area contributed by atoms with Crippen LogP contribution in [0.4, 0.5) is 11.4 Å². The van der Waals surface area contributed by atoms with E-state index in [-0.39, 0.29) is 24.0 Å². The van der Waals surface area contributed by atoms with Crippen LogP contribution in [0.15, 0.2) is 59.7 Å². The molecule has 1 N–H and O–H groups in total. The van der Waals surface area contributed by atoms with Crippen molar-refractivity contribution in [2.75, 3.05) is 17.4 Å². The van der Waals surface area contributed by atoms with E-state index in [0.29, 0.717) is 23.0 Å². The molecule has 0 spiro atoms. The summed E-state index contributed by atoms with van der Waals surface area (Å²) < 4.78 is 0. The van der Waals surface area contributed by atoms with Gasteiger partial charge in [-0.1, -0.05) is 37.5 Å². The Morgan fingerprint density at radius 1 is 0.970 bits per heavy atom. The van der Waals surface area contributed by atoms with Crippen LogP contribution in [0.25, 0.3) is 0 Å². The Morgan fingerprint density at radius 2 is 1.64 bits per heavy atom. The lowest BCUT2D eigenvalue weighted by Gasteiger charge is -2.31. The van der Waals surface area contributed by atoms with Crippen molar-refractivity contribution in [2.24, 2.45) is 5.10 Å². The van der Waals surface area contributed by atoms with E-state index in [9.17, 15) is 14.4 Å². The quantitative estimate of drug-likeness (QED) is 0.719. The summed E-state index contributed by atoms with van der Waals surface area (Å²) in [5.41, 5.74) is 2.25. The lowest BCUT2D eigenvalue weighted by Crippen LogP contribution is -2.38. The number of nitrogens with one attached hydrogen (secondary N) is 1. The van der Waals surface area contributed by atoms with Gasteiger partial charge >= 0.3 is 0 Å². The Balaban J connectivity index is 1.42. The molecule has 0 saturated heterocycles. The number of carbonyl (C=O) groups excluding carboxylic acids is 3. The molecule has 7 nitrogen and oxygen atoms in total. The number of ketones is 1. The van der Waals surface area contributed by atoms with Gasteiger partial charge in [0.1, 0.15) is 11.8 Å². The molecule has 2 aliphatic rings. The monoisotopic (exact) mass is 446 g/mol. The maximum Gasteiger partial charge on any atom is 0.271 e. The first-order chi connectivity index (χ1) is 15.9. The second-order valence-electron chi connectivity index (χ2n) is 8.80. The molecule has 7 heteroatoms. The van der Waals surface area contributed by atoms with Crippen molar-refractivity contribution < 1.29 is 14.4 Å². The molecule has 172 valence electrons. The van der Waals surface area contributed by atoms with Crippen LogP contribution in [0.3, 0.4) is 0 Å². The number of hydrogen-bond donors (Lipinski definition) is 1. The van der Waals surface area contributed by atoms with Gasteiger partial charge in [0, 0.05) is 30.8 Å². The molecule has 0 aromatic heterocycles. The largest absolute Gasteiger partial charge is 0.339 e. The van der Waals surface area contributed by atoms with E-state index in [1.165, 1.54) is 26.2 Å². The molecule has 33 heavy (non-hydrogen) atoms. The summed E-state index contributed by atoms with van der Waals surface area (Å²) in [5, 5.41) is 8.89. The number of nitrogens with zero attached hydrogens (tertiary/aromatic N) is 3. The van der Waals surface area contributed by atoms with Gasteiger partial charge in [0.05, 0.1) is 5.69 Å². The smallest absolute Gasteiger partial charge is 0.271 e. The van der Waals surface area contributed by atoms with Gasteiger partial charge in [-0.25, -0.2) is 0 Å². The molecule has 2 amide bonds. The van der Waals surface area contributed by atoms with Crippen molar-refractivity contribution in [1.82, 2.24) is 4.90 Å². The van der Waals surface area contributed by atoms with E-state index in [0.717, 1.165) is 18.5 Å². The topological polar surface area (TPSA) is 82.1 Å². The fourth-order valence-electron chi connectivity index (χ4n) is 4.52. The van der Waals surface area contributed by atoms with Gasteiger partial charge < -0.3 is 10.2 Å². The Labute approximate surface area is 194 Å². The molecule has 1 saturated carbocycles. The summed E-state index contributed by atoms with van der Waals surface area (Å²) >= 11 is 0. The third-order valence-corrected chi connectivity index (χ3v) is 6.49. The highest BCUT2D eigenvalue weighted by atomic mass is 16.2. The maximum absolute atomic E-state index is 12.8. The predicted octanol–water partition coefficient (Wildman–Crippen LogP) is 4.25. The van der Waals surface area contributed by atoms with Crippen LogP contribution >= 0.6 is 0 Å². The predicted molar refractivity (Wildman–Crippen MR) is 129 cm³/mol. The SMILES string of the molecule is CC(=O)C1CC(C(=O)Nc2ccc(C(=O)N(C)C3CCCCC3)cc2)=NN1c1ccccc1. The Kier molecular flexibility index (Phi) is 6.87. The van der Waals surface area contributed by atoms with E-state index in [2.05, 4.69) is 10.4 Å². The lowest BCUT2D eigenvalue weighted by molar-refractivity contribution is -0.118. The summed E-state index contributed by atoms with van der Waals surface area (Å²) in [6.07, 6.45) is 5.94. The average Bonchev–Trinajstić information content (AvgIpc) is 3.31. The van der Waals surface area contributed by atoms with Crippen molar-refractivity contribution in [3.05, 3.63) is 60.2 Å². The minimum absolute atomic E-state index is 0.00254. The normalized spacial score (nSPS) is 18.5. The van der Waals surface area contributed by atoms with E-state index in [1.54, 1.807) is 29.3 Å². The zero-order valence-electron chi connectivity index (χ0n) is 19.2. The van der Waals surface area contributed by atoms with Crippen molar-refractivity contribution in [1.29, 1.82) is 0 Å². The molecule has 2 aromatic carbocycles. The van der Waals surface area contributed by atoms with Crippen LogP contribution in [0.2, 0.25) is 0 Å². The molecule has 0 bridgehead atoms. The summed E-state index contributed by atoms with van der Waals surface area (Å²) in [5.74, 6) is -0.392. The van der Waals surface area contributed by atoms with E-state index in [1.807, 2.05) is 42.3 Å². The van der Waals surface area contributed by atoms with Crippen molar-refractivity contribution in [3.63, 3.8) is 0 Å². The molecule has 1 aliphatic carbocycles. The summed E-state index contributed by atoms with van der Waals surface area (Å²) in [7, 11) is 1.87. The number of hydrazone groups is 1. The van der Waals surface area contributed by atoms with Crippen LogP contribution in [0.5, 0.6) is 0 Å². The standard InChI is InChI=1S/C26H30N4O3/c1-18(31)24-17-23(28-30(24)22-11-7-4-8-12-22)25(32)27-20-15-13-19(14-16-20)26(33)29(2)21-9-5-3-6-10-21/h4,7-8,11-16,21,24H,3,5-6,9-10,17H2,1-2H3,(H,27,32). The molecule has 1 aliphatic heterocycles. The Morgan fingerprint density at radius 3 is 2.27 bits per heavy atom. The first kappa shape index (κ1) is 22.7. The zero-order chi connectivity index (χ0) is 23.4. The number of Topliss-reactive ketones (excluding diaryl/α,β-unsaturated/α-hetero) is 1. The maximum atomic E-state index is 12.8. The number of rotatable bonds is 6. The van der Waals surface area contributed by atoms with E-state index < -0.39 is 6.04 Å². The van der Waals surface area contributed by atoms with Crippen LogP contribution in [0.1, 0.15) is 55.8 Å². The van der Waals surface area contributed by atoms with Gasteiger partial charge in [-0.2, -0.15) is 5.10 Å². The third-order valence-electron chi connectivity index (χ3n) is 6.49. The van der Waals surface area contributed by atoms with Crippen molar-refractivity contribution in [3.8, 4) is 0 Å². The van der Waals surface area contributed by atoms with Gasteiger partial charge in [0.15, 0.2) is 5.78 Å². The lowest BCUT2D eigenvalue weighted by atomic mass is 9.94. The fraction of sp³-hybridized carbons (Fsp3) is 0.385. The molecular formula is C26H30N4O3. The van der Waals surface area contributed by atoms with E-state index >= 15 is 0 Å². The minimum atomic E-state index is -0.497. The van der Waals surface area contributed by atoms with Gasteiger partial charge in [-0.05, 0) is 56.2 Å². The van der Waals surface area contributed by atoms with E-state index in [4.69, 9.17) is 0 Å².